The summed E-state index contributed by atoms with van der Waals surface area (Å²) in [6.07, 6.45) is 2.68. The second-order valence-electron chi connectivity index (χ2n) is 4.55. The van der Waals surface area contributed by atoms with Crippen LogP contribution in [0, 0.1) is 6.92 Å². The summed E-state index contributed by atoms with van der Waals surface area (Å²) in [5.41, 5.74) is 0.0848. The average molecular weight is 353 g/mol. The zero-order chi connectivity index (χ0) is 15.6. The predicted molar refractivity (Wildman–Crippen MR) is 81.0 cm³/mol. The lowest BCUT2D eigenvalue weighted by molar-refractivity contribution is -0.137. The van der Waals surface area contributed by atoms with Crippen molar-refractivity contribution in [3.05, 3.63) is 61.3 Å². The lowest BCUT2D eigenvalue weighted by Crippen LogP contribution is -2.40. The number of aryl methyl sites for hydroxylation is 2. The first kappa shape index (κ1) is 15.2. The molecule has 0 spiro atoms. The molecule has 0 aliphatic rings. The molecule has 110 valence electrons. The van der Waals surface area contributed by atoms with Gasteiger partial charge >= 0.3 is 17.1 Å². The van der Waals surface area contributed by atoms with E-state index in [-0.39, 0.29) is 13.0 Å². The van der Waals surface area contributed by atoms with E-state index in [9.17, 15) is 14.4 Å². The van der Waals surface area contributed by atoms with Gasteiger partial charge in [0.25, 0.3) is 0 Å². The van der Waals surface area contributed by atoms with Crippen molar-refractivity contribution in [2.75, 3.05) is 0 Å². The van der Waals surface area contributed by atoms with Gasteiger partial charge in [0.15, 0.2) is 0 Å². The minimum Gasteiger partial charge on any atom is -0.481 e. The number of carbonyl (C=O) groups is 1. The van der Waals surface area contributed by atoms with E-state index >= 15 is 0 Å². The monoisotopic (exact) mass is 352 g/mol. The van der Waals surface area contributed by atoms with Gasteiger partial charge in [-0.3, -0.25) is 19.0 Å². The van der Waals surface area contributed by atoms with Crippen LogP contribution in [0.3, 0.4) is 0 Å². The highest BCUT2D eigenvalue weighted by Crippen LogP contribution is 2.18. The summed E-state index contributed by atoms with van der Waals surface area (Å²) in [4.78, 5) is 34.6. The van der Waals surface area contributed by atoms with Crippen molar-refractivity contribution in [1.29, 1.82) is 0 Å². The molecule has 0 radical (unpaired) electrons. The highest BCUT2D eigenvalue weighted by molar-refractivity contribution is 9.10. The molecule has 1 aromatic heterocycles. The number of halogens is 1. The van der Waals surface area contributed by atoms with E-state index < -0.39 is 17.1 Å². The van der Waals surface area contributed by atoms with Gasteiger partial charge in [0, 0.05) is 29.1 Å². The van der Waals surface area contributed by atoms with Gasteiger partial charge in [-0.05, 0) is 30.7 Å². The summed E-state index contributed by atoms with van der Waals surface area (Å²) < 4.78 is 3.27. The van der Waals surface area contributed by atoms with Crippen LogP contribution >= 0.6 is 15.9 Å². The largest absolute Gasteiger partial charge is 0.481 e. The highest BCUT2D eigenvalue weighted by atomic mass is 79.9. The van der Waals surface area contributed by atoms with Gasteiger partial charge in [0.2, 0.25) is 0 Å². The Labute approximate surface area is 128 Å². The zero-order valence-electron chi connectivity index (χ0n) is 11.2. The summed E-state index contributed by atoms with van der Waals surface area (Å²) in [5.74, 6) is -1.02. The maximum atomic E-state index is 12.1. The van der Waals surface area contributed by atoms with Crippen molar-refractivity contribution >= 4 is 21.9 Å². The smallest absolute Gasteiger partial charge is 0.320 e. The number of rotatable bonds is 4. The fourth-order valence-corrected chi connectivity index (χ4v) is 2.13. The molecule has 0 saturated heterocycles. The molecule has 21 heavy (non-hydrogen) atoms. The molecule has 1 aromatic carbocycles. The second kappa shape index (κ2) is 6.09. The van der Waals surface area contributed by atoms with Crippen LogP contribution in [0.2, 0.25) is 0 Å². The molecule has 0 amide bonds. The van der Waals surface area contributed by atoms with E-state index in [4.69, 9.17) is 5.11 Å². The second-order valence-corrected chi connectivity index (χ2v) is 5.40. The van der Waals surface area contributed by atoms with Crippen molar-refractivity contribution in [2.24, 2.45) is 0 Å². The van der Waals surface area contributed by atoms with E-state index in [0.29, 0.717) is 5.69 Å². The fourth-order valence-electron chi connectivity index (χ4n) is 1.88. The summed E-state index contributed by atoms with van der Waals surface area (Å²) in [7, 11) is 0. The van der Waals surface area contributed by atoms with Gasteiger partial charge in [-0.1, -0.05) is 15.9 Å². The summed E-state index contributed by atoms with van der Waals surface area (Å²) in [6, 6.07) is 5.30. The van der Waals surface area contributed by atoms with Crippen molar-refractivity contribution in [1.82, 2.24) is 9.13 Å². The number of carboxylic acids is 1. The van der Waals surface area contributed by atoms with Crippen molar-refractivity contribution in [2.45, 2.75) is 19.9 Å². The maximum absolute atomic E-state index is 12.1. The first-order valence-electron chi connectivity index (χ1n) is 6.20. The van der Waals surface area contributed by atoms with Crippen LogP contribution in [-0.4, -0.2) is 20.2 Å². The molecule has 2 aromatic rings. The van der Waals surface area contributed by atoms with Crippen LogP contribution in [0.5, 0.6) is 0 Å². The summed E-state index contributed by atoms with van der Waals surface area (Å²) in [5, 5.41) is 8.62. The molecular formula is C14H13BrN2O4. The molecule has 0 aliphatic heterocycles. The SMILES string of the molecule is Cc1cc(-n2ccn(CCC(=O)O)c(=O)c2=O)ccc1Br. The topological polar surface area (TPSA) is 81.3 Å². The van der Waals surface area contributed by atoms with Gasteiger partial charge in [-0.2, -0.15) is 0 Å². The third-order valence-electron chi connectivity index (χ3n) is 3.04. The van der Waals surface area contributed by atoms with Crippen LogP contribution in [0.15, 0.2) is 44.7 Å². The molecule has 1 N–H and O–H groups in total. The van der Waals surface area contributed by atoms with Crippen LogP contribution < -0.4 is 11.1 Å². The Morgan fingerprint density at radius 1 is 1.24 bits per heavy atom. The normalized spacial score (nSPS) is 10.6. The van der Waals surface area contributed by atoms with Gasteiger partial charge in [0.1, 0.15) is 0 Å². The Balaban J connectivity index is 2.45. The van der Waals surface area contributed by atoms with Crippen LogP contribution in [-0.2, 0) is 11.3 Å². The number of hydrogen-bond acceptors (Lipinski definition) is 3. The minimum atomic E-state index is -1.02. The Morgan fingerprint density at radius 2 is 1.95 bits per heavy atom. The van der Waals surface area contributed by atoms with Gasteiger partial charge in [-0.15, -0.1) is 0 Å². The molecule has 1 heterocycles. The van der Waals surface area contributed by atoms with Crippen LogP contribution in [0.25, 0.3) is 5.69 Å². The van der Waals surface area contributed by atoms with Crippen molar-refractivity contribution in [3.8, 4) is 5.69 Å². The lowest BCUT2D eigenvalue weighted by atomic mass is 10.2. The van der Waals surface area contributed by atoms with Crippen molar-refractivity contribution < 1.29 is 9.90 Å². The average Bonchev–Trinajstić information content (AvgIpc) is 2.43. The Bertz CT molecular complexity index is 807. The first-order chi connectivity index (χ1) is 9.90. The van der Waals surface area contributed by atoms with Crippen LogP contribution in [0.1, 0.15) is 12.0 Å². The number of aromatic nitrogens is 2. The highest BCUT2D eigenvalue weighted by Gasteiger charge is 2.08. The summed E-state index contributed by atoms with van der Waals surface area (Å²) >= 11 is 3.37. The lowest BCUT2D eigenvalue weighted by Gasteiger charge is -2.09. The third kappa shape index (κ3) is 3.30. The number of carboxylic acid groups (broad SMARTS) is 1. The summed E-state index contributed by atoms with van der Waals surface area (Å²) in [6.45, 7) is 1.86. The molecule has 0 atom stereocenters. The number of hydrogen-bond donors (Lipinski definition) is 1. The van der Waals surface area contributed by atoms with E-state index in [1.54, 1.807) is 18.2 Å². The Kier molecular flexibility index (Phi) is 4.42. The minimum absolute atomic E-state index is 0.0242. The van der Waals surface area contributed by atoms with Crippen molar-refractivity contribution in [3.63, 3.8) is 0 Å². The molecule has 6 nitrogen and oxygen atoms in total. The molecule has 2 rings (SSSR count). The van der Waals surface area contributed by atoms with Gasteiger partial charge in [-0.25, -0.2) is 0 Å². The van der Waals surface area contributed by atoms with E-state index in [0.717, 1.165) is 14.6 Å². The van der Waals surface area contributed by atoms with E-state index in [2.05, 4.69) is 15.9 Å². The fraction of sp³-hybridized carbons (Fsp3) is 0.214. The molecule has 0 saturated carbocycles. The third-order valence-corrected chi connectivity index (χ3v) is 3.93. The number of aliphatic carboxylic acids is 1. The molecule has 7 heteroatoms. The predicted octanol–water partition coefficient (Wildman–Crippen LogP) is 1.54. The van der Waals surface area contributed by atoms with E-state index in [1.165, 1.54) is 17.0 Å². The first-order valence-corrected chi connectivity index (χ1v) is 7.00. The van der Waals surface area contributed by atoms with Gasteiger partial charge in [0.05, 0.1) is 6.42 Å². The van der Waals surface area contributed by atoms with Crippen LogP contribution in [0.4, 0.5) is 0 Å². The van der Waals surface area contributed by atoms with E-state index in [1.807, 2.05) is 6.92 Å². The maximum Gasteiger partial charge on any atom is 0.320 e. The molecule has 0 aliphatic carbocycles. The molecule has 0 fully saturated rings. The quantitative estimate of drug-likeness (QED) is 0.846. The standard InChI is InChI=1S/C14H13BrN2O4/c1-9-8-10(2-3-11(9)15)17-7-6-16(5-4-12(18)19)13(20)14(17)21/h2-3,6-8H,4-5H2,1H3,(H,18,19). The number of nitrogens with zero attached hydrogens (tertiary/aromatic N) is 2. The van der Waals surface area contributed by atoms with Gasteiger partial charge < -0.3 is 9.67 Å². The molecular weight excluding hydrogens is 340 g/mol. The Hall–Kier alpha value is -2.15. The zero-order valence-corrected chi connectivity index (χ0v) is 12.8. The Morgan fingerprint density at radius 3 is 2.57 bits per heavy atom. The number of benzene rings is 1. The molecule has 0 bridgehead atoms. The molecule has 0 unspecified atom stereocenters.